The first kappa shape index (κ1) is 36.2. The van der Waals surface area contributed by atoms with Crippen LogP contribution in [0.2, 0.25) is 15.1 Å². The summed E-state index contributed by atoms with van der Waals surface area (Å²) in [5.41, 5.74) is 2.31. The summed E-state index contributed by atoms with van der Waals surface area (Å²) in [5, 5.41) is 3.63. The maximum absolute atomic E-state index is 12.5. The molecule has 0 aliphatic rings. The predicted octanol–water partition coefficient (Wildman–Crippen LogP) is 5.15. The van der Waals surface area contributed by atoms with Crippen molar-refractivity contribution in [3.8, 4) is 11.5 Å². The third-order valence-electron chi connectivity index (χ3n) is 6.48. The van der Waals surface area contributed by atoms with Crippen LogP contribution in [0.5, 0.6) is 11.5 Å². The van der Waals surface area contributed by atoms with Gasteiger partial charge in [-0.3, -0.25) is 9.28 Å². The molecule has 0 unspecified atom stereocenters. The molecule has 6 nitrogen and oxygen atoms in total. The molecular weight excluding hydrogens is 710 g/mol. The highest BCUT2D eigenvalue weighted by molar-refractivity contribution is 6.41. The minimum Gasteiger partial charge on any atom is -1.00 e. The average molecular weight is 748 g/mol. The number of carbonyl (C=O) groups is 2. The standard InChI is InChI=1S/C32H37Cl3N2O4.HI/c1-37(2,3)25-12-10-23(11-13-25)20-30(38)36-18-8-6-4-5-7-9-19-40-26-14-16-27(17-15-26)41-32(39)31-28(34)21-24(33)22-29(31)35;/h10-17,21-22H,4-9,18-20H2,1-3H3;1H. The van der Waals surface area contributed by atoms with Crippen LogP contribution in [0.15, 0.2) is 60.7 Å². The van der Waals surface area contributed by atoms with Crippen LogP contribution >= 0.6 is 34.8 Å². The molecule has 0 aliphatic heterocycles. The van der Waals surface area contributed by atoms with E-state index in [4.69, 9.17) is 44.3 Å². The van der Waals surface area contributed by atoms with Crippen LogP contribution in [0, 0.1) is 0 Å². The normalized spacial score (nSPS) is 11.0. The van der Waals surface area contributed by atoms with Crippen molar-refractivity contribution in [3.63, 3.8) is 0 Å². The SMILES string of the molecule is C[N+](C)(C)c1ccc(CC(=O)NCCCCCCCCOc2ccc(OC(=O)c3c(Cl)cc(Cl)cc3Cl)cc2)cc1.[I-]. The fourth-order valence-corrected chi connectivity index (χ4v) is 5.13. The maximum atomic E-state index is 12.5. The Kier molecular flexibility index (Phi) is 15.4. The quantitative estimate of drug-likeness (QED) is 0.0770. The number of ether oxygens (including phenoxy) is 2. The van der Waals surface area contributed by atoms with Gasteiger partial charge in [-0.1, -0.05) is 72.6 Å². The van der Waals surface area contributed by atoms with Crippen LogP contribution in [0.3, 0.4) is 0 Å². The number of hydrogen-bond donors (Lipinski definition) is 1. The lowest BCUT2D eigenvalue weighted by Crippen LogP contribution is -3.00. The van der Waals surface area contributed by atoms with Crippen LogP contribution in [0.4, 0.5) is 5.69 Å². The van der Waals surface area contributed by atoms with E-state index >= 15 is 0 Å². The van der Waals surface area contributed by atoms with Gasteiger partial charge >= 0.3 is 5.97 Å². The van der Waals surface area contributed by atoms with Gasteiger partial charge in [-0.2, -0.15) is 0 Å². The highest BCUT2D eigenvalue weighted by Crippen LogP contribution is 2.30. The Morgan fingerprint density at radius 1 is 0.762 bits per heavy atom. The van der Waals surface area contributed by atoms with Gasteiger partial charge in [-0.05, 0) is 66.9 Å². The van der Waals surface area contributed by atoms with E-state index in [2.05, 4.69) is 38.6 Å². The van der Waals surface area contributed by atoms with Crippen molar-refractivity contribution in [2.75, 3.05) is 34.3 Å². The van der Waals surface area contributed by atoms with Gasteiger partial charge in [-0.15, -0.1) is 0 Å². The van der Waals surface area contributed by atoms with E-state index < -0.39 is 5.97 Å². The monoisotopic (exact) mass is 746 g/mol. The zero-order valence-electron chi connectivity index (χ0n) is 24.2. The van der Waals surface area contributed by atoms with Gasteiger partial charge in [0.25, 0.3) is 0 Å². The summed E-state index contributed by atoms with van der Waals surface area (Å²) in [6.45, 7) is 1.32. The van der Waals surface area contributed by atoms with Crippen LogP contribution in [0.1, 0.15) is 54.4 Å². The van der Waals surface area contributed by atoms with Crippen molar-refractivity contribution in [1.29, 1.82) is 0 Å². The number of hydrogen-bond acceptors (Lipinski definition) is 4. The Hall–Kier alpha value is -2.04. The third kappa shape index (κ3) is 12.3. The molecule has 0 heterocycles. The van der Waals surface area contributed by atoms with Gasteiger partial charge in [0.2, 0.25) is 5.91 Å². The van der Waals surface area contributed by atoms with Gasteiger partial charge in [0, 0.05) is 11.6 Å². The summed E-state index contributed by atoms with van der Waals surface area (Å²) in [6, 6.07) is 17.9. The molecule has 0 saturated heterocycles. The number of unbranched alkanes of at least 4 members (excludes halogenated alkanes) is 5. The van der Waals surface area contributed by atoms with Crippen molar-refractivity contribution >= 4 is 52.4 Å². The number of halogens is 4. The van der Waals surface area contributed by atoms with Crippen LogP contribution in [-0.2, 0) is 11.2 Å². The molecule has 0 saturated carbocycles. The number of esters is 1. The lowest BCUT2D eigenvalue weighted by Gasteiger charge is -2.23. The number of amides is 1. The van der Waals surface area contributed by atoms with E-state index in [1.165, 1.54) is 17.8 Å². The van der Waals surface area contributed by atoms with E-state index in [-0.39, 0.29) is 45.5 Å². The molecule has 0 fully saturated rings. The van der Waals surface area contributed by atoms with E-state index in [0.29, 0.717) is 36.1 Å². The van der Waals surface area contributed by atoms with Crippen molar-refractivity contribution in [2.24, 2.45) is 0 Å². The Morgan fingerprint density at radius 3 is 1.90 bits per heavy atom. The topological polar surface area (TPSA) is 64.6 Å². The fraction of sp³-hybridized carbons (Fsp3) is 0.375. The number of rotatable bonds is 15. The van der Waals surface area contributed by atoms with Gasteiger partial charge in [0.1, 0.15) is 17.2 Å². The Morgan fingerprint density at radius 2 is 1.31 bits per heavy atom. The Balaban J connectivity index is 0.00000616. The fourth-order valence-electron chi connectivity index (χ4n) is 4.16. The average Bonchev–Trinajstić information content (AvgIpc) is 2.90. The smallest absolute Gasteiger partial charge is 0.346 e. The van der Waals surface area contributed by atoms with Crippen LogP contribution < -0.4 is 43.3 Å². The molecule has 3 rings (SSSR count). The number of quaternary nitrogens is 1. The van der Waals surface area contributed by atoms with Crippen molar-refractivity contribution < 1.29 is 43.0 Å². The van der Waals surface area contributed by atoms with Crippen molar-refractivity contribution in [2.45, 2.75) is 44.9 Å². The lowest BCUT2D eigenvalue weighted by atomic mass is 10.1. The summed E-state index contributed by atoms with van der Waals surface area (Å²) in [6.07, 6.45) is 6.77. The maximum Gasteiger partial charge on any atom is 0.346 e. The largest absolute Gasteiger partial charge is 1.00 e. The molecule has 0 bridgehead atoms. The first-order chi connectivity index (χ1) is 19.5. The molecule has 0 aliphatic carbocycles. The molecule has 0 atom stereocenters. The highest BCUT2D eigenvalue weighted by Gasteiger charge is 2.18. The molecule has 1 amide bonds. The molecule has 3 aromatic carbocycles. The second-order valence-corrected chi connectivity index (χ2v) is 12.0. The second kappa shape index (κ2) is 17.9. The molecule has 228 valence electrons. The molecule has 0 radical (unpaired) electrons. The summed E-state index contributed by atoms with van der Waals surface area (Å²) in [7, 11) is 6.37. The van der Waals surface area contributed by atoms with Gasteiger partial charge in [0.05, 0.1) is 49.8 Å². The Bertz CT molecular complexity index is 1270. The van der Waals surface area contributed by atoms with E-state index in [1.54, 1.807) is 24.3 Å². The predicted molar refractivity (Wildman–Crippen MR) is 169 cm³/mol. The highest BCUT2D eigenvalue weighted by atomic mass is 127. The van der Waals surface area contributed by atoms with Crippen LogP contribution in [-0.4, -0.2) is 46.2 Å². The molecule has 0 spiro atoms. The summed E-state index contributed by atoms with van der Waals surface area (Å²) in [4.78, 5) is 24.7. The van der Waals surface area contributed by atoms with Crippen molar-refractivity contribution in [1.82, 2.24) is 9.80 Å². The van der Waals surface area contributed by atoms with E-state index in [1.807, 2.05) is 12.1 Å². The van der Waals surface area contributed by atoms with E-state index in [9.17, 15) is 9.59 Å². The third-order valence-corrected chi connectivity index (χ3v) is 7.30. The summed E-state index contributed by atoms with van der Waals surface area (Å²) in [5.74, 6) is 0.470. The zero-order chi connectivity index (χ0) is 29.8. The van der Waals surface area contributed by atoms with Gasteiger partial charge in [-0.25, -0.2) is 4.79 Å². The van der Waals surface area contributed by atoms with Crippen LogP contribution in [0.25, 0.3) is 0 Å². The molecular formula is C32H38Cl3IN2O4. The minimum absolute atomic E-state index is 0. The number of nitrogens with one attached hydrogen (secondary N) is 1. The van der Waals surface area contributed by atoms with E-state index in [0.717, 1.165) is 48.6 Å². The summed E-state index contributed by atoms with van der Waals surface area (Å²) >= 11 is 18.1. The first-order valence-electron chi connectivity index (χ1n) is 13.8. The van der Waals surface area contributed by atoms with Gasteiger partial charge < -0.3 is 38.8 Å². The second-order valence-electron chi connectivity index (χ2n) is 10.8. The number of carbonyl (C=O) groups excluding carboxylic acids is 2. The molecule has 0 aromatic heterocycles. The number of benzene rings is 3. The first-order valence-corrected chi connectivity index (χ1v) is 14.9. The zero-order valence-corrected chi connectivity index (χ0v) is 28.7. The molecule has 10 heteroatoms. The lowest BCUT2D eigenvalue weighted by molar-refractivity contribution is -0.120. The van der Waals surface area contributed by atoms with Crippen molar-refractivity contribution in [3.05, 3.63) is 86.9 Å². The molecule has 42 heavy (non-hydrogen) atoms. The molecule has 1 N–H and O–H groups in total. The summed E-state index contributed by atoms with van der Waals surface area (Å²) < 4.78 is 11.9. The minimum atomic E-state index is -0.658. The molecule has 3 aromatic rings. The number of nitrogens with zero attached hydrogens (tertiary/aromatic N) is 1. The van der Waals surface area contributed by atoms with Gasteiger partial charge in [0.15, 0.2) is 0 Å². The Labute approximate surface area is 281 Å².